The summed E-state index contributed by atoms with van der Waals surface area (Å²) < 4.78 is 49.7. The molecule has 35 heavy (non-hydrogen) atoms. The van der Waals surface area contributed by atoms with Crippen molar-refractivity contribution in [2.24, 2.45) is 5.10 Å². The summed E-state index contributed by atoms with van der Waals surface area (Å²) >= 11 is 7.44. The summed E-state index contributed by atoms with van der Waals surface area (Å²) in [6, 6.07) is 8.07. The van der Waals surface area contributed by atoms with E-state index in [0.29, 0.717) is 46.1 Å². The van der Waals surface area contributed by atoms with Crippen LogP contribution in [0.3, 0.4) is 0 Å². The number of ether oxygens (including phenoxy) is 2. The maximum Gasteiger partial charge on any atom is 0.416 e. The molecule has 0 spiro atoms. The van der Waals surface area contributed by atoms with Crippen LogP contribution >= 0.6 is 22.9 Å². The first-order valence-corrected chi connectivity index (χ1v) is 11.7. The van der Waals surface area contributed by atoms with E-state index in [1.807, 2.05) is 13.8 Å². The highest BCUT2D eigenvalue weighted by Crippen LogP contribution is 2.33. The van der Waals surface area contributed by atoms with Gasteiger partial charge in [-0.05, 0) is 38.1 Å². The number of nitrogens with zero attached hydrogens (tertiary/aromatic N) is 2. The predicted molar refractivity (Wildman–Crippen MR) is 130 cm³/mol. The van der Waals surface area contributed by atoms with Gasteiger partial charge in [-0.25, -0.2) is 10.4 Å². The third-order valence-corrected chi connectivity index (χ3v) is 5.52. The monoisotopic (exact) mass is 526 g/mol. The quantitative estimate of drug-likeness (QED) is 0.248. The zero-order chi connectivity index (χ0) is 25.4. The van der Waals surface area contributed by atoms with Crippen LogP contribution in [0.4, 0.5) is 24.0 Å². The molecule has 3 rings (SSSR count). The molecule has 1 amide bonds. The Hall–Kier alpha value is -3.31. The summed E-state index contributed by atoms with van der Waals surface area (Å²) in [5, 5.41) is 9.12. The fourth-order valence-electron chi connectivity index (χ4n) is 2.91. The molecule has 3 aromatic rings. The van der Waals surface area contributed by atoms with Gasteiger partial charge in [0.25, 0.3) is 0 Å². The second-order valence-corrected chi connectivity index (χ2v) is 8.27. The van der Waals surface area contributed by atoms with Crippen LogP contribution in [0.15, 0.2) is 46.9 Å². The van der Waals surface area contributed by atoms with E-state index < -0.39 is 17.6 Å². The van der Waals surface area contributed by atoms with Crippen molar-refractivity contribution in [3.05, 3.63) is 63.6 Å². The minimum absolute atomic E-state index is 0.0701. The van der Waals surface area contributed by atoms with Crippen molar-refractivity contribution in [2.75, 3.05) is 18.5 Å². The Morgan fingerprint density at radius 2 is 1.89 bits per heavy atom. The molecule has 186 valence electrons. The van der Waals surface area contributed by atoms with Crippen molar-refractivity contribution in [1.29, 1.82) is 0 Å². The molecule has 2 N–H and O–H groups in total. The highest BCUT2D eigenvalue weighted by molar-refractivity contribution is 7.13. The van der Waals surface area contributed by atoms with Gasteiger partial charge in [-0.3, -0.25) is 4.79 Å². The normalized spacial score (nSPS) is 11.5. The van der Waals surface area contributed by atoms with E-state index in [1.54, 1.807) is 17.5 Å². The van der Waals surface area contributed by atoms with Crippen molar-refractivity contribution in [1.82, 2.24) is 10.4 Å². The highest BCUT2D eigenvalue weighted by atomic mass is 35.5. The Balaban J connectivity index is 1.59. The fourth-order valence-corrected chi connectivity index (χ4v) is 3.84. The number of aromatic nitrogens is 1. The number of halogens is 4. The summed E-state index contributed by atoms with van der Waals surface area (Å²) in [4.78, 5) is 16.5. The van der Waals surface area contributed by atoms with Crippen molar-refractivity contribution in [3.63, 3.8) is 0 Å². The van der Waals surface area contributed by atoms with E-state index in [2.05, 4.69) is 20.8 Å². The van der Waals surface area contributed by atoms with Crippen molar-refractivity contribution >= 4 is 45.9 Å². The van der Waals surface area contributed by atoms with Gasteiger partial charge in [-0.2, -0.15) is 18.3 Å². The Kier molecular flexibility index (Phi) is 8.94. The average Bonchev–Trinajstić information content (AvgIpc) is 3.23. The van der Waals surface area contributed by atoms with Crippen LogP contribution in [-0.4, -0.2) is 30.3 Å². The van der Waals surface area contributed by atoms with Gasteiger partial charge < -0.3 is 14.8 Å². The zero-order valence-electron chi connectivity index (χ0n) is 18.8. The van der Waals surface area contributed by atoms with E-state index in [4.69, 9.17) is 21.1 Å². The molecule has 0 radical (unpaired) electrons. The number of carbonyl (C=O) groups excluding carboxylic acids is 1. The lowest BCUT2D eigenvalue weighted by molar-refractivity contribution is -0.137. The number of hydrazone groups is 1. The van der Waals surface area contributed by atoms with Gasteiger partial charge in [0.05, 0.1) is 42.1 Å². The first-order chi connectivity index (χ1) is 16.7. The first kappa shape index (κ1) is 26.3. The molecule has 1 aromatic heterocycles. The minimum atomic E-state index is -4.44. The van der Waals surface area contributed by atoms with Crippen LogP contribution < -0.4 is 20.2 Å². The maximum atomic E-state index is 12.9. The molecule has 0 unspecified atom stereocenters. The molecule has 0 saturated carbocycles. The maximum absolute atomic E-state index is 12.9. The van der Waals surface area contributed by atoms with Gasteiger partial charge >= 0.3 is 6.18 Å². The van der Waals surface area contributed by atoms with Crippen LogP contribution in [0, 0.1) is 0 Å². The molecule has 0 atom stereocenters. The largest absolute Gasteiger partial charge is 0.490 e. The van der Waals surface area contributed by atoms with Gasteiger partial charge in [0.1, 0.15) is 0 Å². The van der Waals surface area contributed by atoms with E-state index in [9.17, 15) is 18.0 Å². The van der Waals surface area contributed by atoms with Gasteiger partial charge in [0.15, 0.2) is 16.6 Å². The minimum Gasteiger partial charge on any atom is -0.490 e. The third-order valence-electron chi connectivity index (χ3n) is 4.39. The number of benzene rings is 2. The van der Waals surface area contributed by atoms with Crippen molar-refractivity contribution < 1.29 is 27.4 Å². The van der Waals surface area contributed by atoms with Gasteiger partial charge in [0.2, 0.25) is 5.91 Å². The highest BCUT2D eigenvalue weighted by Gasteiger charge is 2.30. The van der Waals surface area contributed by atoms with Crippen molar-refractivity contribution in [3.8, 4) is 11.5 Å². The smallest absolute Gasteiger partial charge is 0.416 e. The van der Waals surface area contributed by atoms with Crippen LogP contribution in [-0.2, 0) is 17.4 Å². The molecular weight excluding hydrogens is 505 g/mol. The number of hydrogen-bond acceptors (Lipinski definition) is 7. The second kappa shape index (κ2) is 11.9. The first-order valence-electron chi connectivity index (χ1n) is 10.5. The van der Waals surface area contributed by atoms with E-state index in [-0.39, 0.29) is 12.1 Å². The molecule has 0 bridgehead atoms. The molecule has 0 aliphatic rings. The fraction of sp³-hybridized carbons (Fsp3) is 0.261. The lowest BCUT2D eigenvalue weighted by Crippen LogP contribution is -2.20. The molecule has 1 heterocycles. The molecule has 0 aliphatic carbocycles. The summed E-state index contributed by atoms with van der Waals surface area (Å²) in [7, 11) is 0. The van der Waals surface area contributed by atoms with Crippen molar-refractivity contribution in [2.45, 2.75) is 26.4 Å². The molecule has 0 aliphatic heterocycles. The number of amides is 1. The zero-order valence-corrected chi connectivity index (χ0v) is 20.4. The van der Waals surface area contributed by atoms with Gasteiger partial charge in [-0.15, -0.1) is 11.3 Å². The van der Waals surface area contributed by atoms with Crippen LogP contribution in [0.25, 0.3) is 0 Å². The predicted octanol–water partition coefficient (Wildman–Crippen LogP) is 6.05. The standard InChI is InChI=1S/C23H22ClF3N4O3S/c1-3-33-19-8-14(18(24)11-20(19)34-4-2)12-28-31-21(32)10-17-13-35-22(30-17)29-16-7-5-6-15(9-16)23(25,26)27/h5-9,11-13H,3-4,10H2,1-2H3,(H,29,30)(H,31,32)/b28-12-. The van der Waals surface area contributed by atoms with Gasteiger partial charge in [-0.1, -0.05) is 17.7 Å². The number of nitrogens with one attached hydrogen (secondary N) is 2. The number of thiazole rings is 1. The van der Waals surface area contributed by atoms with Crippen LogP contribution in [0.2, 0.25) is 5.02 Å². The van der Waals surface area contributed by atoms with E-state index >= 15 is 0 Å². The average molecular weight is 527 g/mol. The number of rotatable bonds is 10. The number of alkyl halides is 3. The molecule has 7 nitrogen and oxygen atoms in total. The summed E-state index contributed by atoms with van der Waals surface area (Å²) in [5.41, 5.74) is 2.85. The Bertz CT molecular complexity index is 1200. The topological polar surface area (TPSA) is 84.8 Å². The van der Waals surface area contributed by atoms with E-state index in [1.165, 1.54) is 29.7 Å². The third kappa shape index (κ3) is 7.59. The second-order valence-electron chi connectivity index (χ2n) is 7.00. The summed E-state index contributed by atoms with van der Waals surface area (Å²) in [6.07, 6.45) is -3.12. The molecule has 12 heteroatoms. The number of carbonyl (C=O) groups is 1. The lowest BCUT2D eigenvalue weighted by Gasteiger charge is -2.12. The summed E-state index contributed by atoms with van der Waals surface area (Å²) in [5.74, 6) is 0.595. The Morgan fingerprint density at radius 1 is 1.17 bits per heavy atom. The van der Waals surface area contributed by atoms with E-state index in [0.717, 1.165) is 12.1 Å². The lowest BCUT2D eigenvalue weighted by atomic mass is 10.2. The molecule has 0 saturated heterocycles. The Labute approximate surface area is 208 Å². The summed E-state index contributed by atoms with van der Waals surface area (Å²) in [6.45, 7) is 4.58. The van der Waals surface area contributed by atoms with Crippen LogP contribution in [0.1, 0.15) is 30.7 Å². The SMILES string of the molecule is CCOc1cc(Cl)c(/C=N\NC(=O)Cc2csc(Nc3cccc(C(F)(F)F)c3)n2)cc1OCC. The van der Waals surface area contributed by atoms with Gasteiger partial charge in [0, 0.05) is 22.7 Å². The Morgan fingerprint density at radius 3 is 2.57 bits per heavy atom. The molecule has 2 aromatic carbocycles. The molecule has 0 fully saturated rings. The number of anilines is 2. The number of hydrogen-bond donors (Lipinski definition) is 2. The molecular formula is C23H22ClF3N4O3S. The van der Waals surface area contributed by atoms with Crippen LogP contribution in [0.5, 0.6) is 11.5 Å².